The second-order valence-corrected chi connectivity index (χ2v) is 6.34. The summed E-state index contributed by atoms with van der Waals surface area (Å²) in [6.07, 6.45) is 6.92. The van der Waals surface area contributed by atoms with E-state index in [0.29, 0.717) is 6.04 Å². The van der Waals surface area contributed by atoms with Gasteiger partial charge in [0.1, 0.15) is 5.82 Å². The first-order valence-corrected chi connectivity index (χ1v) is 7.98. The monoisotopic (exact) mass is 276 g/mol. The van der Waals surface area contributed by atoms with E-state index in [4.69, 9.17) is 0 Å². The number of hydrogen-bond acceptors (Lipinski definition) is 2. The third-order valence-corrected chi connectivity index (χ3v) is 4.92. The first kappa shape index (κ1) is 13.9. The minimum absolute atomic E-state index is 0.134. The van der Waals surface area contributed by atoms with Crippen LogP contribution in [0.15, 0.2) is 18.2 Å². The third kappa shape index (κ3) is 2.98. The van der Waals surface area contributed by atoms with Gasteiger partial charge in [0, 0.05) is 31.4 Å². The molecule has 1 aromatic carbocycles. The topological polar surface area (TPSA) is 15.3 Å². The molecule has 1 saturated heterocycles. The van der Waals surface area contributed by atoms with Gasteiger partial charge in [0.2, 0.25) is 0 Å². The molecule has 2 fully saturated rings. The molecule has 1 aliphatic heterocycles. The summed E-state index contributed by atoms with van der Waals surface area (Å²) in [6, 6.07) is 5.77. The Kier molecular flexibility index (Phi) is 4.25. The summed E-state index contributed by atoms with van der Waals surface area (Å²) >= 11 is 0. The fourth-order valence-corrected chi connectivity index (χ4v) is 3.82. The Morgan fingerprint density at radius 3 is 2.75 bits per heavy atom. The van der Waals surface area contributed by atoms with Crippen LogP contribution in [0, 0.1) is 18.7 Å². The zero-order chi connectivity index (χ0) is 13.9. The van der Waals surface area contributed by atoms with Gasteiger partial charge in [0.15, 0.2) is 0 Å². The van der Waals surface area contributed by atoms with Crippen LogP contribution in [0.5, 0.6) is 0 Å². The summed E-state index contributed by atoms with van der Waals surface area (Å²) in [5.74, 6) is 0.692. The first-order chi connectivity index (χ1) is 9.74. The summed E-state index contributed by atoms with van der Waals surface area (Å²) in [4.78, 5) is 2.44. The summed E-state index contributed by atoms with van der Waals surface area (Å²) < 4.78 is 13.3. The molecular weight excluding hydrogens is 251 g/mol. The normalized spacial score (nSPS) is 24.9. The van der Waals surface area contributed by atoms with Crippen LogP contribution < -0.4 is 10.2 Å². The molecule has 0 aromatic heterocycles. The van der Waals surface area contributed by atoms with Gasteiger partial charge in [0.25, 0.3) is 0 Å². The fourth-order valence-electron chi connectivity index (χ4n) is 3.82. The number of rotatable bonds is 2. The average molecular weight is 276 g/mol. The number of nitrogens with one attached hydrogen (secondary N) is 1. The van der Waals surface area contributed by atoms with Crippen LogP contribution in [0.4, 0.5) is 10.1 Å². The van der Waals surface area contributed by atoms with Crippen LogP contribution in [0.3, 0.4) is 0 Å². The van der Waals surface area contributed by atoms with E-state index < -0.39 is 0 Å². The zero-order valence-electron chi connectivity index (χ0n) is 12.4. The van der Waals surface area contributed by atoms with Crippen LogP contribution >= 0.6 is 0 Å². The van der Waals surface area contributed by atoms with Crippen LogP contribution in [-0.4, -0.2) is 25.7 Å². The predicted molar refractivity (Wildman–Crippen MR) is 81.7 cm³/mol. The van der Waals surface area contributed by atoms with Crippen molar-refractivity contribution in [3.05, 3.63) is 29.6 Å². The molecule has 110 valence electrons. The van der Waals surface area contributed by atoms with Crippen molar-refractivity contribution in [2.75, 3.05) is 24.5 Å². The first-order valence-electron chi connectivity index (χ1n) is 7.98. The van der Waals surface area contributed by atoms with Crippen LogP contribution in [0.2, 0.25) is 0 Å². The van der Waals surface area contributed by atoms with Gasteiger partial charge in [0.05, 0.1) is 0 Å². The summed E-state index contributed by atoms with van der Waals surface area (Å²) in [5, 5.41) is 3.70. The molecule has 0 radical (unpaired) electrons. The van der Waals surface area contributed by atoms with Gasteiger partial charge in [-0.1, -0.05) is 19.3 Å². The molecule has 1 N–H and O–H groups in total. The number of anilines is 1. The minimum Gasteiger partial charge on any atom is -0.368 e. The quantitative estimate of drug-likeness (QED) is 0.889. The van der Waals surface area contributed by atoms with Crippen LogP contribution in [0.25, 0.3) is 0 Å². The lowest BCUT2D eigenvalue weighted by Crippen LogP contribution is -2.54. The minimum atomic E-state index is -0.134. The Bertz CT molecular complexity index is 454. The largest absolute Gasteiger partial charge is 0.368 e. The maximum absolute atomic E-state index is 13.3. The molecule has 0 bridgehead atoms. The Labute approximate surface area is 121 Å². The second-order valence-electron chi connectivity index (χ2n) is 6.34. The SMILES string of the molecule is Cc1cc(F)ccc1N1CCNC(C2CCCCC2)C1. The second kappa shape index (κ2) is 6.13. The molecule has 20 heavy (non-hydrogen) atoms. The van der Waals surface area contributed by atoms with E-state index in [9.17, 15) is 4.39 Å². The van der Waals surface area contributed by atoms with Gasteiger partial charge in [-0.25, -0.2) is 4.39 Å². The van der Waals surface area contributed by atoms with Gasteiger partial charge in [-0.3, -0.25) is 0 Å². The van der Waals surface area contributed by atoms with E-state index in [1.54, 1.807) is 12.1 Å². The van der Waals surface area contributed by atoms with Gasteiger partial charge in [-0.15, -0.1) is 0 Å². The van der Waals surface area contributed by atoms with Crippen molar-refractivity contribution in [3.63, 3.8) is 0 Å². The van der Waals surface area contributed by atoms with Gasteiger partial charge < -0.3 is 10.2 Å². The van der Waals surface area contributed by atoms with Gasteiger partial charge in [-0.05, 0) is 49.4 Å². The van der Waals surface area contributed by atoms with Crippen molar-refractivity contribution in [3.8, 4) is 0 Å². The van der Waals surface area contributed by atoms with Crippen molar-refractivity contribution in [1.29, 1.82) is 0 Å². The summed E-state index contributed by atoms with van der Waals surface area (Å²) in [6.45, 7) is 5.14. The van der Waals surface area contributed by atoms with Crippen molar-refractivity contribution in [2.24, 2.45) is 5.92 Å². The maximum atomic E-state index is 13.3. The highest BCUT2D eigenvalue weighted by atomic mass is 19.1. The Morgan fingerprint density at radius 1 is 1.20 bits per heavy atom. The molecule has 1 unspecified atom stereocenters. The molecule has 0 spiro atoms. The molecule has 1 atom stereocenters. The number of nitrogens with zero attached hydrogens (tertiary/aromatic N) is 1. The molecule has 1 aliphatic carbocycles. The summed E-state index contributed by atoms with van der Waals surface area (Å²) in [5.41, 5.74) is 2.25. The average Bonchev–Trinajstić information content (AvgIpc) is 2.48. The van der Waals surface area contributed by atoms with E-state index in [0.717, 1.165) is 31.1 Å². The maximum Gasteiger partial charge on any atom is 0.123 e. The Morgan fingerprint density at radius 2 is 2.00 bits per heavy atom. The Balaban J connectivity index is 1.71. The molecule has 3 heteroatoms. The summed E-state index contributed by atoms with van der Waals surface area (Å²) in [7, 11) is 0. The number of hydrogen-bond donors (Lipinski definition) is 1. The lowest BCUT2D eigenvalue weighted by molar-refractivity contribution is 0.257. The van der Waals surface area contributed by atoms with Gasteiger partial charge in [-0.2, -0.15) is 0 Å². The van der Waals surface area contributed by atoms with Crippen LogP contribution in [0.1, 0.15) is 37.7 Å². The van der Waals surface area contributed by atoms with E-state index in [1.165, 1.54) is 37.8 Å². The molecule has 0 amide bonds. The van der Waals surface area contributed by atoms with Crippen molar-refractivity contribution in [2.45, 2.75) is 45.1 Å². The molecule has 2 nitrogen and oxygen atoms in total. The van der Waals surface area contributed by atoms with E-state index >= 15 is 0 Å². The van der Waals surface area contributed by atoms with Crippen molar-refractivity contribution < 1.29 is 4.39 Å². The molecule has 1 aromatic rings. The lowest BCUT2D eigenvalue weighted by atomic mass is 9.83. The standard InChI is InChI=1S/C17H25FN2/c1-13-11-15(18)7-8-17(13)20-10-9-19-16(12-20)14-5-3-2-4-6-14/h7-8,11,14,16,19H,2-6,9-10,12H2,1H3. The van der Waals surface area contributed by atoms with E-state index in [-0.39, 0.29) is 5.82 Å². The smallest absolute Gasteiger partial charge is 0.123 e. The van der Waals surface area contributed by atoms with Crippen LogP contribution in [-0.2, 0) is 0 Å². The number of halogens is 1. The third-order valence-electron chi connectivity index (χ3n) is 4.92. The van der Waals surface area contributed by atoms with Crippen molar-refractivity contribution >= 4 is 5.69 Å². The van der Waals surface area contributed by atoms with E-state index in [1.807, 2.05) is 13.0 Å². The molecular formula is C17H25FN2. The molecule has 1 heterocycles. The Hall–Kier alpha value is -1.09. The lowest BCUT2D eigenvalue weighted by Gasteiger charge is -2.40. The highest BCUT2D eigenvalue weighted by Gasteiger charge is 2.28. The molecule has 3 rings (SSSR count). The molecule has 2 aliphatic rings. The van der Waals surface area contributed by atoms with E-state index in [2.05, 4.69) is 10.2 Å². The number of benzene rings is 1. The number of aryl methyl sites for hydroxylation is 1. The highest BCUT2D eigenvalue weighted by molar-refractivity contribution is 5.53. The number of piperazine rings is 1. The van der Waals surface area contributed by atoms with Crippen molar-refractivity contribution in [1.82, 2.24) is 5.32 Å². The molecule has 1 saturated carbocycles. The zero-order valence-corrected chi connectivity index (χ0v) is 12.4. The predicted octanol–water partition coefficient (Wildman–Crippen LogP) is 3.49. The van der Waals surface area contributed by atoms with Gasteiger partial charge >= 0.3 is 0 Å². The highest BCUT2D eigenvalue weighted by Crippen LogP contribution is 2.29. The fraction of sp³-hybridized carbons (Fsp3) is 0.647.